The highest BCUT2D eigenvalue weighted by atomic mass is 16.5. The van der Waals surface area contributed by atoms with Crippen LogP contribution >= 0.6 is 0 Å². The Morgan fingerprint density at radius 1 is 1.38 bits per heavy atom. The van der Waals surface area contributed by atoms with E-state index in [2.05, 4.69) is 32.3 Å². The molecule has 6 heteroatoms. The second kappa shape index (κ2) is 5.20. The maximum absolute atomic E-state index is 5.39. The Kier molecular flexibility index (Phi) is 3.20. The summed E-state index contributed by atoms with van der Waals surface area (Å²) in [5.41, 5.74) is 0.753. The van der Waals surface area contributed by atoms with Crippen molar-refractivity contribution in [3.05, 3.63) is 30.3 Å². The SMILES string of the molecule is CC1C2CNCC2CN1Cc1nc(-c2ccccn2)no1. The predicted molar refractivity (Wildman–Crippen MR) is 77.3 cm³/mol. The summed E-state index contributed by atoms with van der Waals surface area (Å²) >= 11 is 0. The van der Waals surface area contributed by atoms with Gasteiger partial charge in [0.1, 0.15) is 5.69 Å². The third kappa shape index (κ3) is 2.34. The molecule has 110 valence electrons. The molecule has 0 aliphatic carbocycles. The summed E-state index contributed by atoms with van der Waals surface area (Å²) < 4.78 is 5.39. The van der Waals surface area contributed by atoms with Crippen LogP contribution in [0.1, 0.15) is 12.8 Å². The first kappa shape index (κ1) is 12.9. The number of pyridine rings is 1. The van der Waals surface area contributed by atoms with Crippen LogP contribution in [0.2, 0.25) is 0 Å². The van der Waals surface area contributed by atoms with Crippen molar-refractivity contribution in [3.63, 3.8) is 0 Å². The molecule has 4 heterocycles. The minimum atomic E-state index is 0.565. The van der Waals surface area contributed by atoms with E-state index >= 15 is 0 Å². The number of nitrogens with one attached hydrogen (secondary N) is 1. The highest BCUT2D eigenvalue weighted by Crippen LogP contribution is 2.33. The molecule has 2 aromatic heterocycles. The summed E-state index contributed by atoms with van der Waals surface area (Å²) in [5.74, 6) is 2.76. The number of hydrogen-bond donors (Lipinski definition) is 1. The van der Waals surface area contributed by atoms with Crippen molar-refractivity contribution in [2.75, 3.05) is 19.6 Å². The first-order valence-corrected chi connectivity index (χ1v) is 7.50. The summed E-state index contributed by atoms with van der Waals surface area (Å²) in [6.45, 7) is 6.40. The van der Waals surface area contributed by atoms with E-state index in [0.717, 1.165) is 43.7 Å². The Morgan fingerprint density at radius 3 is 3.14 bits per heavy atom. The highest BCUT2D eigenvalue weighted by molar-refractivity contribution is 5.46. The average Bonchev–Trinajstić information content (AvgIpc) is 3.21. The van der Waals surface area contributed by atoms with Gasteiger partial charge in [0.05, 0.1) is 6.54 Å². The van der Waals surface area contributed by atoms with Crippen LogP contribution in [0.4, 0.5) is 0 Å². The molecule has 4 rings (SSSR count). The van der Waals surface area contributed by atoms with E-state index in [9.17, 15) is 0 Å². The lowest BCUT2D eigenvalue weighted by Crippen LogP contribution is -2.32. The molecule has 1 N–H and O–H groups in total. The second-order valence-corrected chi connectivity index (χ2v) is 5.98. The molecular weight excluding hydrogens is 266 g/mol. The number of fused-ring (bicyclic) bond motifs is 1. The molecule has 0 amide bonds. The summed E-state index contributed by atoms with van der Waals surface area (Å²) in [4.78, 5) is 11.2. The van der Waals surface area contributed by atoms with Gasteiger partial charge in [-0.15, -0.1) is 0 Å². The van der Waals surface area contributed by atoms with Crippen LogP contribution in [0.25, 0.3) is 11.5 Å². The Balaban J connectivity index is 1.48. The van der Waals surface area contributed by atoms with Gasteiger partial charge in [0.15, 0.2) is 0 Å². The van der Waals surface area contributed by atoms with E-state index in [4.69, 9.17) is 4.52 Å². The van der Waals surface area contributed by atoms with Gasteiger partial charge in [0, 0.05) is 18.8 Å². The fourth-order valence-electron chi connectivity index (χ4n) is 3.56. The van der Waals surface area contributed by atoms with Crippen LogP contribution in [0.5, 0.6) is 0 Å². The second-order valence-electron chi connectivity index (χ2n) is 5.98. The molecule has 0 saturated carbocycles. The monoisotopic (exact) mass is 285 g/mol. The lowest BCUT2D eigenvalue weighted by atomic mass is 9.95. The highest BCUT2D eigenvalue weighted by Gasteiger charge is 2.42. The van der Waals surface area contributed by atoms with Gasteiger partial charge in [-0.25, -0.2) is 0 Å². The summed E-state index contributed by atoms with van der Waals surface area (Å²) in [5, 5.41) is 7.52. The summed E-state index contributed by atoms with van der Waals surface area (Å²) in [6, 6.07) is 6.26. The third-order valence-corrected chi connectivity index (χ3v) is 4.76. The Morgan fingerprint density at radius 2 is 2.33 bits per heavy atom. The number of likely N-dealkylation sites (tertiary alicyclic amines) is 1. The minimum Gasteiger partial charge on any atom is -0.337 e. The Bertz CT molecular complexity index is 614. The van der Waals surface area contributed by atoms with Gasteiger partial charge in [0.2, 0.25) is 11.7 Å². The van der Waals surface area contributed by atoms with Crippen LogP contribution in [0.3, 0.4) is 0 Å². The first-order chi connectivity index (χ1) is 10.3. The molecule has 2 fully saturated rings. The Hall–Kier alpha value is -1.79. The van der Waals surface area contributed by atoms with Gasteiger partial charge in [-0.3, -0.25) is 9.88 Å². The third-order valence-electron chi connectivity index (χ3n) is 4.76. The standard InChI is InChI=1S/C15H19N5O/c1-10-12-7-16-6-11(12)8-20(10)9-14-18-15(19-21-14)13-4-2-3-5-17-13/h2-5,10-12,16H,6-9H2,1H3. The summed E-state index contributed by atoms with van der Waals surface area (Å²) in [7, 11) is 0. The minimum absolute atomic E-state index is 0.565. The quantitative estimate of drug-likeness (QED) is 0.913. The van der Waals surface area contributed by atoms with Gasteiger partial charge in [-0.2, -0.15) is 4.98 Å². The van der Waals surface area contributed by atoms with E-state index < -0.39 is 0 Å². The van der Waals surface area contributed by atoms with Crippen LogP contribution in [-0.2, 0) is 6.54 Å². The lowest BCUT2D eigenvalue weighted by Gasteiger charge is -2.22. The van der Waals surface area contributed by atoms with Crippen molar-refractivity contribution in [1.82, 2.24) is 25.3 Å². The normalized spacial score (nSPS) is 28.9. The number of hydrogen-bond acceptors (Lipinski definition) is 6. The fourth-order valence-corrected chi connectivity index (χ4v) is 3.56. The van der Waals surface area contributed by atoms with Gasteiger partial charge in [-0.05, 0) is 44.0 Å². The molecule has 0 bridgehead atoms. The molecule has 2 aliphatic heterocycles. The van der Waals surface area contributed by atoms with Gasteiger partial charge in [-0.1, -0.05) is 11.2 Å². The van der Waals surface area contributed by atoms with Gasteiger partial charge >= 0.3 is 0 Å². The van der Waals surface area contributed by atoms with E-state index in [0.29, 0.717) is 17.8 Å². The van der Waals surface area contributed by atoms with Crippen LogP contribution in [0, 0.1) is 11.8 Å². The van der Waals surface area contributed by atoms with Crippen molar-refractivity contribution in [3.8, 4) is 11.5 Å². The fraction of sp³-hybridized carbons (Fsp3) is 0.533. The predicted octanol–water partition coefficient (Wildman–Crippen LogP) is 1.17. The van der Waals surface area contributed by atoms with Crippen molar-refractivity contribution >= 4 is 0 Å². The molecule has 2 aromatic rings. The summed E-state index contributed by atoms with van der Waals surface area (Å²) in [6.07, 6.45) is 1.74. The smallest absolute Gasteiger partial charge is 0.241 e. The maximum Gasteiger partial charge on any atom is 0.241 e. The lowest BCUT2D eigenvalue weighted by molar-refractivity contribution is 0.201. The van der Waals surface area contributed by atoms with E-state index in [1.54, 1.807) is 6.20 Å². The molecule has 2 aliphatic rings. The number of aromatic nitrogens is 3. The maximum atomic E-state index is 5.39. The number of nitrogens with zero attached hydrogens (tertiary/aromatic N) is 4. The topological polar surface area (TPSA) is 67.1 Å². The molecule has 6 nitrogen and oxygen atoms in total. The first-order valence-electron chi connectivity index (χ1n) is 7.50. The van der Waals surface area contributed by atoms with Crippen LogP contribution < -0.4 is 5.32 Å². The van der Waals surface area contributed by atoms with Gasteiger partial charge in [0.25, 0.3) is 0 Å². The van der Waals surface area contributed by atoms with Crippen LogP contribution in [0.15, 0.2) is 28.9 Å². The molecule has 0 radical (unpaired) electrons. The van der Waals surface area contributed by atoms with E-state index in [-0.39, 0.29) is 0 Å². The van der Waals surface area contributed by atoms with Crippen molar-refractivity contribution in [2.24, 2.45) is 11.8 Å². The largest absolute Gasteiger partial charge is 0.337 e. The average molecular weight is 285 g/mol. The van der Waals surface area contributed by atoms with E-state index in [1.165, 1.54) is 0 Å². The Labute approximate surface area is 123 Å². The molecular formula is C15H19N5O. The number of rotatable bonds is 3. The van der Waals surface area contributed by atoms with Gasteiger partial charge < -0.3 is 9.84 Å². The van der Waals surface area contributed by atoms with Crippen molar-refractivity contribution < 1.29 is 4.52 Å². The van der Waals surface area contributed by atoms with Crippen molar-refractivity contribution in [1.29, 1.82) is 0 Å². The van der Waals surface area contributed by atoms with E-state index in [1.807, 2.05) is 18.2 Å². The molecule has 3 atom stereocenters. The molecule has 2 saturated heterocycles. The molecule has 0 aromatic carbocycles. The molecule has 21 heavy (non-hydrogen) atoms. The zero-order valence-corrected chi connectivity index (χ0v) is 12.1. The molecule has 3 unspecified atom stereocenters. The zero-order valence-electron chi connectivity index (χ0n) is 12.1. The zero-order chi connectivity index (χ0) is 14.2. The van der Waals surface area contributed by atoms with Crippen LogP contribution in [-0.4, -0.2) is 45.7 Å². The molecule has 0 spiro atoms. The van der Waals surface area contributed by atoms with Crippen molar-refractivity contribution in [2.45, 2.75) is 19.5 Å².